The van der Waals surface area contributed by atoms with Crippen LogP contribution in [-0.2, 0) is 4.79 Å². The molecule has 0 radical (unpaired) electrons. The maximum atomic E-state index is 12.4. The molecule has 2 aromatic carbocycles. The van der Waals surface area contributed by atoms with Crippen LogP contribution >= 0.6 is 0 Å². The summed E-state index contributed by atoms with van der Waals surface area (Å²) >= 11 is 0. The zero-order valence-electron chi connectivity index (χ0n) is 17.6. The highest BCUT2D eigenvalue weighted by molar-refractivity contribution is 6.09. The molecule has 1 aliphatic heterocycles. The predicted molar refractivity (Wildman–Crippen MR) is 113 cm³/mol. The highest BCUT2D eigenvalue weighted by Gasteiger charge is 2.37. The monoisotopic (exact) mass is 422 g/mol. The fourth-order valence-electron chi connectivity index (χ4n) is 4.07. The van der Waals surface area contributed by atoms with E-state index in [1.165, 1.54) is 13.0 Å². The molecule has 1 aliphatic rings. The Morgan fingerprint density at radius 3 is 2.48 bits per heavy atom. The van der Waals surface area contributed by atoms with Crippen molar-refractivity contribution >= 4 is 22.7 Å². The maximum Gasteiger partial charge on any atom is 0.336 e. The van der Waals surface area contributed by atoms with Crippen molar-refractivity contribution in [1.29, 1.82) is 0 Å². The number of Topliss-reactive ketones (excluding diaryl/α,β-unsaturated/α-hetero) is 1. The number of phenols is 1. The molecular weight excluding hydrogens is 400 g/mol. The van der Waals surface area contributed by atoms with Gasteiger partial charge in [0.25, 0.3) is 0 Å². The number of benzene rings is 2. The Morgan fingerprint density at radius 1 is 1.19 bits per heavy atom. The van der Waals surface area contributed by atoms with E-state index in [-0.39, 0.29) is 40.6 Å². The van der Waals surface area contributed by atoms with Gasteiger partial charge in [0.1, 0.15) is 22.6 Å². The van der Waals surface area contributed by atoms with E-state index in [1.807, 2.05) is 26.0 Å². The molecule has 1 N–H and O–H groups in total. The molecule has 0 fully saturated rings. The van der Waals surface area contributed by atoms with Crippen LogP contribution in [0, 0.1) is 6.92 Å². The van der Waals surface area contributed by atoms with Gasteiger partial charge < -0.3 is 19.0 Å². The summed E-state index contributed by atoms with van der Waals surface area (Å²) in [5, 5.41) is 11.1. The Bertz CT molecular complexity index is 1270. The molecule has 7 heteroatoms. The van der Waals surface area contributed by atoms with Crippen molar-refractivity contribution in [2.24, 2.45) is 0 Å². The first-order valence-electron chi connectivity index (χ1n) is 9.98. The first-order chi connectivity index (χ1) is 14.7. The van der Waals surface area contributed by atoms with Crippen molar-refractivity contribution in [3.63, 3.8) is 0 Å². The van der Waals surface area contributed by atoms with Crippen LogP contribution in [0.15, 0.2) is 39.5 Å². The number of esters is 1. The van der Waals surface area contributed by atoms with Crippen molar-refractivity contribution in [3.05, 3.63) is 63.0 Å². The Balaban J connectivity index is 2.02. The first kappa shape index (κ1) is 20.7. The number of ether oxygens (including phenoxy) is 2. The van der Waals surface area contributed by atoms with E-state index < -0.39 is 23.3 Å². The molecule has 3 aromatic rings. The predicted octanol–water partition coefficient (Wildman–Crippen LogP) is 4.24. The van der Waals surface area contributed by atoms with Crippen molar-refractivity contribution < 1.29 is 28.6 Å². The Labute approximate surface area is 178 Å². The molecule has 4 rings (SSSR count). The number of fused-ring (bicyclic) bond motifs is 3. The number of aromatic hydroxyl groups is 1. The Kier molecular flexibility index (Phi) is 5.05. The van der Waals surface area contributed by atoms with Gasteiger partial charge in [0.15, 0.2) is 11.5 Å². The van der Waals surface area contributed by atoms with Crippen LogP contribution in [0.25, 0.3) is 11.0 Å². The molecule has 0 saturated heterocycles. The average molecular weight is 422 g/mol. The van der Waals surface area contributed by atoms with Crippen LogP contribution < -0.4 is 15.1 Å². The number of carbonyl (C=O) groups excluding carboxylic acids is 2. The van der Waals surface area contributed by atoms with Gasteiger partial charge in [0.05, 0.1) is 17.9 Å². The molecule has 2 heterocycles. The normalized spacial score (nSPS) is 15.6. The number of hydrogen-bond acceptors (Lipinski definition) is 7. The quantitative estimate of drug-likeness (QED) is 0.290. The molecule has 1 atom stereocenters. The van der Waals surface area contributed by atoms with Gasteiger partial charge in [-0.2, -0.15) is 0 Å². The van der Waals surface area contributed by atoms with E-state index in [0.717, 1.165) is 5.56 Å². The van der Waals surface area contributed by atoms with Gasteiger partial charge in [-0.3, -0.25) is 9.59 Å². The minimum absolute atomic E-state index is 0.00768. The summed E-state index contributed by atoms with van der Waals surface area (Å²) in [6, 6.07) is 8.49. The summed E-state index contributed by atoms with van der Waals surface area (Å²) in [4.78, 5) is 37.0. The van der Waals surface area contributed by atoms with Gasteiger partial charge in [-0.15, -0.1) is 0 Å². The van der Waals surface area contributed by atoms with Crippen molar-refractivity contribution in [2.75, 3.05) is 0 Å². The lowest BCUT2D eigenvalue weighted by Crippen LogP contribution is -2.23. The lowest BCUT2D eigenvalue weighted by molar-refractivity contribution is -0.135. The minimum Gasteiger partial charge on any atom is -0.506 e. The summed E-state index contributed by atoms with van der Waals surface area (Å²) in [7, 11) is 0. The fourth-order valence-corrected chi connectivity index (χ4v) is 4.07. The number of aryl methyl sites for hydroxylation is 1. The second kappa shape index (κ2) is 7.58. The molecule has 0 spiro atoms. The zero-order chi connectivity index (χ0) is 22.4. The lowest BCUT2D eigenvalue weighted by atomic mass is 9.83. The first-order valence-corrected chi connectivity index (χ1v) is 9.98. The third kappa shape index (κ3) is 3.56. The van der Waals surface area contributed by atoms with E-state index in [4.69, 9.17) is 13.9 Å². The Morgan fingerprint density at radius 2 is 1.87 bits per heavy atom. The lowest BCUT2D eigenvalue weighted by Gasteiger charge is -2.28. The van der Waals surface area contributed by atoms with Crippen molar-refractivity contribution in [3.8, 4) is 17.2 Å². The SMILES string of the molecule is CC(=O)c1c2c(c3oc(=O)cc(C)c3c1O)C(c1ccc(OC(C)C)cc1)CC(=O)O2. The molecule has 1 unspecified atom stereocenters. The molecular formula is C24H22O7. The molecule has 1 aromatic heterocycles. The number of ketones is 1. The summed E-state index contributed by atoms with van der Waals surface area (Å²) < 4.78 is 16.6. The molecule has 0 bridgehead atoms. The molecule has 0 amide bonds. The highest BCUT2D eigenvalue weighted by atomic mass is 16.5. The van der Waals surface area contributed by atoms with Gasteiger partial charge in [0.2, 0.25) is 0 Å². The summed E-state index contributed by atoms with van der Waals surface area (Å²) in [5.41, 5.74) is 1.04. The van der Waals surface area contributed by atoms with Crippen LogP contribution in [-0.4, -0.2) is 23.0 Å². The van der Waals surface area contributed by atoms with Gasteiger partial charge in [-0.25, -0.2) is 4.79 Å². The summed E-state index contributed by atoms with van der Waals surface area (Å²) in [5.74, 6) is -1.28. The Hall–Kier alpha value is -3.61. The van der Waals surface area contributed by atoms with Crippen molar-refractivity contribution in [1.82, 2.24) is 0 Å². The number of hydrogen-bond donors (Lipinski definition) is 1. The minimum atomic E-state index is -0.599. The van der Waals surface area contributed by atoms with E-state index >= 15 is 0 Å². The van der Waals surface area contributed by atoms with Crippen LogP contribution in [0.1, 0.15) is 60.2 Å². The van der Waals surface area contributed by atoms with E-state index in [9.17, 15) is 19.5 Å². The zero-order valence-corrected chi connectivity index (χ0v) is 17.6. The summed E-state index contributed by atoms with van der Waals surface area (Å²) in [6.45, 7) is 6.78. The summed E-state index contributed by atoms with van der Waals surface area (Å²) in [6.07, 6.45) is 0.00484. The van der Waals surface area contributed by atoms with Crippen LogP contribution in [0.5, 0.6) is 17.2 Å². The van der Waals surface area contributed by atoms with Gasteiger partial charge in [-0.1, -0.05) is 12.1 Å². The van der Waals surface area contributed by atoms with Gasteiger partial charge in [0, 0.05) is 17.5 Å². The van der Waals surface area contributed by atoms with Gasteiger partial charge in [-0.05, 0) is 51.0 Å². The molecule has 0 saturated carbocycles. The average Bonchev–Trinajstić information content (AvgIpc) is 2.66. The number of carbonyl (C=O) groups is 2. The van der Waals surface area contributed by atoms with Crippen LogP contribution in [0.3, 0.4) is 0 Å². The highest BCUT2D eigenvalue weighted by Crippen LogP contribution is 2.49. The van der Waals surface area contributed by atoms with Gasteiger partial charge >= 0.3 is 11.6 Å². The smallest absolute Gasteiger partial charge is 0.336 e. The second-order valence-corrected chi connectivity index (χ2v) is 7.94. The largest absolute Gasteiger partial charge is 0.506 e. The standard InChI is InChI=1S/C24H22O7/c1-11(2)29-15-7-5-14(6-8-15)16-10-18(27)31-24-20(13(4)25)22(28)19-12(3)9-17(26)30-23(19)21(16)24/h5-9,11,16,28H,10H2,1-4H3. The molecule has 7 nitrogen and oxygen atoms in total. The van der Waals surface area contributed by atoms with Crippen LogP contribution in [0.2, 0.25) is 0 Å². The molecule has 31 heavy (non-hydrogen) atoms. The van der Waals surface area contributed by atoms with Crippen LogP contribution in [0.4, 0.5) is 0 Å². The number of rotatable bonds is 4. The fraction of sp³-hybridized carbons (Fsp3) is 0.292. The van der Waals surface area contributed by atoms with Crippen molar-refractivity contribution in [2.45, 2.75) is 46.1 Å². The third-order valence-electron chi connectivity index (χ3n) is 5.29. The molecule has 160 valence electrons. The number of phenolic OH excluding ortho intramolecular Hbond substituents is 1. The van der Waals surface area contributed by atoms with E-state index in [1.54, 1.807) is 19.1 Å². The maximum absolute atomic E-state index is 12.4. The molecule has 0 aliphatic carbocycles. The topological polar surface area (TPSA) is 103 Å². The second-order valence-electron chi connectivity index (χ2n) is 7.94. The van der Waals surface area contributed by atoms with E-state index in [0.29, 0.717) is 16.9 Å². The third-order valence-corrected chi connectivity index (χ3v) is 5.29. The van der Waals surface area contributed by atoms with E-state index in [2.05, 4.69) is 0 Å².